The molecule has 1 heteroatoms. The van der Waals surface area contributed by atoms with Crippen LogP contribution in [0.2, 0.25) is 0 Å². The molecule has 2 rings (SSSR count). The topological polar surface area (TPSA) is 12.0 Å². The van der Waals surface area contributed by atoms with Gasteiger partial charge >= 0.3 is 0 Å². The van der Waals surface area contributed by atoms with Crippen molar-refractivity contribution in [1.82, 2.24) is 5.32 Å². The van der Waals surface area contributed by atoms with Gasteiger partial charge in [0.15, 0.2) is 0 Å². The van der Waals surface area contributed by atoms with Crippen molar-refractivity contribution in [3.8, 4) is 0 Å². The number of nitrogens with one attached hydrogen (secondary N) is 1. The van der Waals surface area contributed by atoms with E-state index in [1.807, 2.05) is 0 Å². The summed E-state index contributed by atoms with van der Waals surface area (Å²) < 4.78 is 0. The molecule has 16 heavy (non-hydrogen) atoms. The zero-order valence-corrected chi connectivity index (χ0v) is 10.6. The molecule has 0 aromatic heterocycles. The Balaban J connectivity index is 2.01. The van der Waals surface area contributed by atoms with Gasteiger partial charge in [-0.25, -0.2) is 0 Å². The van der Waals surface area contributed by atoms with Crippen LogP contribution in [0.3, 0.4) is 0 Å². The number of aryl methyl sites for hydroxylation is 2. The standard InChI is InChI=1S/C15H23N/c1-3-15-5-4-14(10-12(15)2)11-13-6-8-16-9-7-13/h4-5,10,13,16H,3,6-9,11H2,1-2H3. The second-order valence-electron chi connectivity index (χ2n) is 5.01. The summed E-state index contributed by atoms with van der Waals surface area (Å²) in [6.45, 7) is 6.88. The number of piperidine rings is 1. The second-order valence-corrected chi connectivity index (χ2v) is 5.01. The lowest BCUT2D eigenvalue weighted by molar-refractivity contribution is 0.372. The van der Waals surface area contributed by atoms with Crippen LogP contribution in [0.4, 0.5) is 0 Å². The summed E-state index contributed by atoms with van der Waals surface area (Å²) >= 11 is 0. The maximum Gasteiger partial charge on any atom is -0.00462 e. The lowest BCUT2D eigenvalue weighted by Crippen LogP contribution is -2.28. The molecular formula is C15H23N. The van der Waals surface area contributed by atoms with E-state index in [2.05, 4.69) is 37.4 Å². The molecular weight excluding hydrogens is 194 g/mol. The quantitative estimate of drug-likeness (QED) is 0.820. The SMILES string of the molecule is CCc1ccc(CC2CCNCC2)cc1C. The minimum absolute atomic E-state index is 0.896. The molecule has 1 aromatic rings. The molecule has 0 radical (unpaired) electrons. The van der Waals surface area contributed by atoms with Crippen molar-refractivity contribution >= 4 is 0 Å². The van der Waals surface area contributed by atoms with Crippen molar-refractivity contribution in [3.63, 3.8) is 0 Å². The molecule has 0 unspecified atom stereocenters. The third kappa shape index (κ3) is 2.85. The molecule has 1 aromatic carbocycles. The molecule has 0 saturated carbocycles. The van der Waals surface area contributed by atoms with E-state index in [0.717, 1.165) is 12.3 Å². The summed E-state index contributed by atoms with van der Waals surface area (Å²) in [5.74, 6) is 0.896. The first-order valence-electron chi connectivity index (χ1n) is 6.58. The predicted octanol–water partition coefficient (Wildman–Crippen LogP) is 3.10. The van der Waals surface area contributed by atoms with Crippen LogP contribution in [0.15, 0.2) is 18.2 Å². The van der Waals surface area contributed by atoms with E-state index in [4.69, 9.17) is 0 Å². The molecule has 0 atom stereocenters. The molecule has 0 amide bonds. The largest absolute Gasteiger partial charge is 0.317 e. The first kappa shape index (κ1) is 11.7. The molecule has 1 nitrogen and oxygen atoms in total. The molecule has 0 bridgehead atoms. The summed E-state index contributed by atoms with van der Waals surface area (Å²) in [5.41, 5.74) is 4.49. The Hall–Kier alpha value is -0.820. The molecule has 1 heterocycles. The zero-order chi connectivity index (χ0) is 11.4. The van der Waals surface area contributed by atoms with E-state index in [-0.39, 0.29) is 0 Å². The molecule has 88 valence electrons. The van der Waals surface area contributed by atoms with Gasteiger partial charge in [0.25, 0.3) is 0 Å². The van der Waals surface area contributed by atoms with Crippen molar-refractivity contribution in [1.29, 1.82) is 0 Å². The highest BCUT2D eigenvalue weighted by Crippen LogP contribution is 2.20. The van der Waals surface area contributed by atoms with Crippen LogP contribution in [0.1, 0.15) is 36.5 Å². The Morgan fingerprint density at radius 2 is 2.00 bits per heavy atom. The van der Waals surface area contributed by atoms with Crippen molar-refractivity contribution in [2.45, 2.75) is 39.5 Å². The highest BCUT2D eigenvalue weighted by molar-refractivity contribution is 5.31. The van der Waals surface area contributed by atoms with Crippen LogP contribution in [0, 0.1) is 12.8 Å². The number of benzene rings is 1. The van der Waals surface area contributed by atoms with Gasteiger partial charge in [0.1, 0.15) is 0 Å². The molecule has 1 saturated heterocycles. The van der Waals surface area contributed by atoms with Crippen molar-refractivity contribution in [2.24, 2.45) is 5.92 Å². The van der Waals surface area contributed by atoms with E-state index >= 15 is 0 Å². The van der Waals surface area contributed by atoms with Crippen LogP contribution in [-0.2, 0) is 12.8 Å². The van der Waals surface area contributed by atoms with Crippen molar-refractivity contribution in [3.05, 3.63) is 34.9 Å². The monoisotopic (exact) mass is 217 g/mol. The van der Waals surface area contributed by atoms with E-state index in [1.54, 1.807) is 0 Å². The predicted molar refractivity (Wildman–Crippen MR) is 69.9 cm³/mol. The van der Waals surface area contributed by atoms with Crippen molar-refractivity contribution < 1.29 is 0 Å². The Bertz CT molecular complexity index is 337. The highest BCUT2D eigenvalue weighted by atomic mass is 14.9. The van der Waals surface area contributed by atoms with E-state index in [0.29, 0.717) is 0 Å². The van der Waals surface area contributed by atoms with Gasteiger partial charge in [-0.2, -0.15) is 0 Å². The fourth-order valence-corrected chi connectivity index (χ4v) is 2.70. The van der Waals surface area contributed by atoms with E-state index in [9.17, 15) is 0 Å². The van der Waals surface area contributed by atoms with Crippen LogP contribution >= 0.6 is 0 Å². The summed E-state index contributed by atoms with van der Waals surface area (Å²) in [4.78, 5) is 0. The van der Waals surface area contributed by atoms with Crippen LogP contribution < -0.4 is 5.32 Å². The van der Waals surface area contributed by atoms with Gasteiger partial charge in [-0.05, 0) is 68.3 Å². The number of hydrogen-bond acceptors (Lipinski definition) is 1. The van der Waals surface area contributed by atoms with Gasteiger partial charge in [-0.3, -0.25) is 0 Å². The third-order valence-electron chi connectivity index (χ3n) is 3.77. The average Bonchev–Trinajstić information content (AvgIpc) is 2.31. The van der Waals surface area contributed by atoms with E-state index < -0.39 is 0 Å². The first-order chi connectivity index (χ1) is 7.79. The maximum atomic E-state index is 3.43. The van der Waals surface area contributed by atoms with Crippen LogP contribution in [0.25, 0.3) is 0 Å². The van der Waals surface area contributed by atoms with Gasteiger partial charge in [-0.15, -0.1) is 0 Å². The minimum Gasteiger partial charge on any atom is -0.317 e. The molecule has 0 aliphatic carbocycles. The minimum atomic E-state index is 0.896. The fraction of sp³-hybridized carbons (Fsp3) is 0.600. The zero-order valence-electron chi connectivity index (χ0n) is 10.6. The lowest BCUT2D eigenvalue weighted by Gasteiger charge is -2.22. The average molecular weight is 217 g/mol. The third-order valence-corrected chi connectivity index (χ3v) is 3.77. The summed E-state index contributed by atoms with van der Waals surface area (Å²) in [7, 11) is 0. The molecule has 1 fully saturated rings. The van der Waals surface area contributed by atoms with Gasteiger partial charge < -0.3 is 5.32 Å². The van der Waals surface area contributed by atoms with Gasteiger partial charge in [0, 0.05) is 0 Å². The molecule has 0 spiro atoms. The Labute approximate surface area is 99.3 Å². The van der Waals surface area contributed by atoms with Gasteiger partial charge in [0.2, 0.25) is 0 Å². The highest BCUT2D eigenvalue weighted by Gasteiger charge is 2.13. The lowest BCUT2D eigenvalue weighted by atomic mass is 9.90. The smallest absolute Gasteiger partial charge is 0.00462 e. The summed E-state index contributed by atoms with van der Waals surface area (Å²) in [6.07, 6.45) is 5.11. The summed E-state index contributed by atoms with van der Waals surface area (Å²) in [5, 5.41) is 3.43. The molecule has 1 aliphatic heterocycles. The maximum absolute atomic E-state index is 3.43. The Morgan fingerprint density at radius 1 is 1.25 bits per heavy atom. The van der Waals surface area contributed by atoms with Crippen molar-refractivity contribution in [2.75, 3.05) is 13.1 Å². The van der Waals surface area contributed by atoms with Gasteiger partial charge in [-0.1, -0.05) is 25.1 Å². The van der Waals surface area contributed by atoms with Crippen LogP contribution in [0.5, 0.6) is 0 Å². The number of rotatable bonds is 3. The van der Waals surface area contributed by atoms with Crippen LogP contribution in [-0.4, -0.2) is 13.1 Å². The number of hydrogen-bond donors (Lipinski definition) is 1. The Kier molecular flexibility index (Phi) is 4.00. The second kappa shape index (κ2) is 5.49. The van der Waals surface area contributed by atoms with E-state index in [1.165, 1.54) is 49.0 Å². The molecule has 1 aliphatic rings. The fourth-order valence-electron chi connectivity index (χ4n) is 2.70. The van der Waals surface area contributed by atoms with Gasteiger partial charge in [0.05, 0.1) is 0 Å². The summed E-state index contributed by atoms with van der Waals surface area (Å²) in [6, 6.07) is 7.03. The normalized spacial score (nSPS) is 17.6. The molecule has 1 N–H and O–H groups in total. The first-order valence-corrected chi connectivity index (χ1v) is 6.58. The Morgan fingerprint density at radius 3 is 2.62 bits per heavy atom.